The van der Waals surface area contributed by atoms with Crippen LogP contribution in [-0.2, 0) is 7.05 Å². The van der Waals surface area contributed by atoms with Crippen LogP contribution in [0.25, 0.3) is 55.3 Å². The van der Waals surface area contributed by atoms with Gasteiger partial charge < -0.3 is 9.13 Å². The molecule has 0 aliphatic heterocycles. The van der Waals surface area contributed by atoms with Gasteiger partial charge >= 0.3 is 0 Å². The molecule has 0 saturated heterocycles. The Morgan fingerprint density at radius 2 is 1.43 bits per heavy atom. The maximum absolute atomic E-state index is 4.83. The van der Waals surface area contributed by atoms with Gasteiger partial charge in [-0.1, -0.05) is 0 Å². The second kappa shape index (κ2) is 6.10. The summed E-state index contributed by atoms with van der Waals surface area (Å²) < 4.78 is 4.32. The van der Waals surface area contributed by atoms with Crippen molar-refractivity contribution in [1.29, 1.82) is 0 Å². The third-order valence-corrected chi connectivity index (χ3v) is 5.85. The quantitative estimate of drug-likeness (QED) is 0.403. The minimum Gasteiger partial charge on any atom is -0.328 e. The summed E-state index contributed by atoms with van der Waals surface area (Å²) in [6.07, 6.45) is 7.52. The molecule has 0 radical (unpaired) electrons. The van der Waals surface area contributed by atoms with E-state index in [2.05, 4.69) is 57.2 Å². The van der Waals surface area contributed by atoms with Crippen molar-refractivity contribution in [3.05, 3.63) is 61.2 Å². The highest BCUT2D eigenvalue weighted by Crippen LogP contribution is 2.33. The second-order valence-corrected chi connectivity index (χ2v) is 7.95. The first-order chi connectivity index (χ1) is 14.6. The molecule has 0 saturated carbocycles. The summed E-state index contributed by atoms with van der Waals surface area (Å²) in [5.41, 5.74) is 5.89. The highest BCUT2D eigenvalue weighted by molar-refractivity contribution is 6.08. The lowest BCUT2D eigenvalue weighted by atomic mass is 10.1. The summed E-state index contributed by atoms with van der Waals surface area (Å²) in [5, 5.41) is 4.45. The van der Waals surface area contributed by atoms with Crippen LogP contribution in [0.1, 0.15) is 19.9 Å². The van der Waals surface area contributed by atoms with Crippen molar-refractivity contribution in [1.82, 2.24) is 29.1 Å². The molecule has 0 aromatic carbocycles. The van der Waals surface area contributed by atoms with Gasteiger partial charge in [-0.15, -0.1) is 0 Å². The minimum absolute atomic E-state index is 0.274. The predicted octanol–water partition coefficient (Wildman–Crippen LogP) is 5.27. The third-order valence-electron chi connectivity index (χ3n) is 5.85. The average molecular weight is 392 g/mol. The van der Waals surface area contributed by atoms with Crippen LogP contribution in [-0.4, -0.2) is 29.1 Å². The van der Waals surface area contributed by atoms with Crippen LogP contribution in [0, 0.1) is 0 Å². The monoisotopic (exact) mass is 392 g/mol. The summed E-state index contributed by atoms with van der Waals surface area (Å²) >= 11 is 0. The van der Waals surface area contributed by atoms with Crippen molar-refractivity contribution in [3.63, 3.8) is 0 Å². The van der Waals surface area contributed by atoms with Crippen LogP contribution >= 0.6 is 0 Å². The Kier molecular flexibility index (Phi) is 3.47. The van der Waals surface area contributed by atoms with Gasteiger partial charge in [0.2, 0.25) is 0 Å². The molecule has 0 N–H and O–H groups in total. The van der Waals surface area contributed by atoms with Crippen molar-refractivity contribution >= 4 is 44.0 Å². The van der Waals surface area contributed by atoms with E-state index in [9.17, 15) is 0 Å². The number of aryl methyl sites for hydroxylation is 1. The van der Waals surface area contributed by atoms with E-state index in [1.807, 2.05) is 44.0 Å². The first kappa shape index (κ1) is 17.1. The zero-order valence-corrected chi connectivity index (χ0v) is 17.0. The van der Waals surface area contributed by atoms with E-state index in [0.29, 0.717) is 0 Å². The Morgan fingerprint density at radius 1 is 0.733 bits per heavy atom. The van der Waals surface area contributed by atoms with Crippen LogP contribution in [0.5, 0.6) is 0 Å². The fourth-order valence-corrected chi connectivity index (χ4v) is 4.45. The molecule has 0 aliphatic carbocycles. The second-order valence-electron chi connectivity index (χ2n) is 7.95. The highest BCUT2D eigenvalue weighted by atomic mass is 15.1. The molecule has 0 fully saturated rings. The first-order valence-electron chi connectivity index (χ1n) is 10.1. The fourth-order valence-electron chi connectivity index (χ4n) is 4.45. The van der Waals surface area contributed by atoms with E-state index in [1.165, 1.54) is 0 Å². The summed E-state index contributed by atoms with van der Waals surface area (Å²) in [4.78, 5) is 18.7. The molecule has 146 valence electrons. The lowest BCUT2D eigenvalue weighted by molar-refractivity contribution is 0.632. The van der Waals surface area contributed by atoms with Gasteiger partial charge in [-0.2, -0.15) is 0 Å². The van der Waals surface area contributed by atoms with Crippen molar-refractivity contribution in [2.24, 2.45) is 7.05 Å². The lowest BCUT2D eigenvalue weighted by Gasteiger charge is -2.09. The van der Waals surface area contributed by atoms with Gasteiger partial charge in [0.25, 0.3) is 0 Å². The maximum Gasteiger partial charge on any atom is 0.142 e. The van der Waals surface area contributed by atoms with Gasteiger partial charge in [0.15, 0.2) is 0 Å². The number of fused-ring (bicyclic) bond motifs is 6. The summed E-state index contributed by atoms with van der Waals surface area (Å²) in [7, 11) is 2.05. The van der Waals surface area contributed by atoms with Crippen LogP contribution < -0.4 is 0 Å². The van der Waals surface area contributed by atoms with Gasteiger partial charge in [-0.05, 0) is 50.2 Å². The Balaban J connectivity index is 1.61. The number of hydrogen-bond donors (Lipinski definition) is 0. The van der Waals surface area contributed by atoms with Crippen LogP contribution in [0.2, 0.25) is 0 Å². The molecule has 6 rings (SSSR count). The lowest BCUT2D eigenvalue weighted by Crippen LogP contribution is -2.02. The van der Waals surface area contributed by atoms with E-state index in [4.69, 9.17) is 9.97 Å². The van der Waals surface area contributed by atoms with Gasteiger partial charge in [0, 0.05) is 65.0 Å². The number of pyridine rings is 4. The molecule has 0 aliphatic rings. The molecular weight excluding hydrogens is 372 g/mol. The molecule has 6 nitrogen and oxygen atoms in total. The number of aromatic nitrogens is 6. The van der Waals surface area contributed by atoms with E-state index in [1.54, 1.807) is 0 Å². The van der Waals surface area contributed by atoms with Crippen LogP contribution in [0.4, 0.5) is 0 Å². The molecule has 6 heteroatoms. The number of rotatable bonds is 2. The summed E-state index contributed by atoms with van der Waals surface area (Å²) in [6, 6.07) is 12.7. The van der Waals surface area contributed by atoms with Crippen molar-refractivity contribution in [3.8, 4) is 11.3 Å². The molecule has 6 heterocycles. The van der Waals surface area contributed by atoms with E-state index in [-0.39, 0.29) is 6.04 Å². The van der Waals surface area contributed by atoms with Crippen LogP contribution in [0.15, 0.2) is 61.2 Å². The molecule has 0 amide bonds. The molecule has 6 aromatic rings. The molecule has 0 unspecified atom stereocenters. The Labute approximate surface area is 172 Å². The zero-order chi connectivity index (χ0) is 20.4. The standard InChI is InChI=1S/C24H20N6/c1-14(2)30-23-16(6-4-9-26-23)18-10-15(12-28-24(18)30)20-11-21-19(13-27-20)17-7-5-8-25-22(17)29(21)3/h4-14H,1-3H3. The highest BCUT2D eigenvalue weighted by Gasteiger charge is 2.17. The third kappa shape index (κ3) is 2.24. The van der Waals surface area contributed by atoms with Gasteiger partial charge in [-0.3, -0.25) is 4.98 Å². The summed E-state index contributed by atoms with van der Waals surface area (Å²) in [6.45, 7) is 4.32. The van der Waals surface area contributed by atoms with Gasteiger partial charge in [-0.25, -0.2) is 15.0 Å². The average Bonchev–Trinajstić information content (AvgIpc) is 3.26. The maximum atomic E-state index is 4.83. The zero-order valence-electron chi connectivity index (χ0n) is 17.0. The Morgan fingerprint density at radius 3 is 2.20 bits per heavy atom. The van der Waals surface area contributed by atoms with Gasteiger partial charge in [0.05, 0.1) is 11.2 Å². The Hall–Kier alpha value is -3.80. The fraction of sp³-hybridized carbons (Fsp3) is 0.167. The molecule has 0 atom stereocenters. The smallest absolute Gasteiger partial charge is 0.142 e. The number of nitrogens with zero attached hydrogens (tertiary/aromatic N) is 6. The first-order valence-corrected chi connectivity index (χ1v) is 10.1. The van der Waals surface area contributed by atoms with E-state index >= 15 is 0 Å². The van der Waals surface area contributed by atoms with Crippen molar-refractivity contribution < 1.29 is 0 Å². The van der Waals surface area contributed by atoms with Crippen molar-refractivity contribution in [2.75, 3.05) is 0 Å². The van der Waals surface area contributed by atoms with Crippen molar-refractivity contribution in [2.45, 2.75) is 19.9 Å². The van der Waals surface area contributed by atoms with Crippen LogP contribution in [0.3, 0.4) is 0 Å². The van der Waals surface area contributed by atoms with E-state index < -0.39 is 0 Å². The topological polar surface area (TPSA) is 61.4 Å². The predicted molar refractivity (Wildman–Crippen MR) is 120 cm³/mol. The molecular formula is C24H20N6. The molecule has 0 spiro atoms. The SMILES string of the molecule is CC(C)n1c2ncccc2c2cc(-c3cc4c(cn3)c3cccnc3n4C)cnc21. The molecule has 0 bridgehead atoms. The number of hydrogen-bond acceptors (Lipinski definition) is 4. The Bertz CT molecular complexity index is 1590. The normalized spacial score (nSPS) is 12.1. The molecule has 30 heavy (non-hydrogen) atoms. The summed E-state index contributed by atoms with van der Waals surface area (Å²) in [5.74, 6) is 0. The largest absolute Gasteiger partial charge is 0.328 e. The molecule has 6 aromatic heterocycles. The van der Waals surface area contributed by atoms with E-state index in [0.717, 1.165) is 55.3 Å². The minimum atomic E-state index is 0.274. The van der Waals surface area contributed by atoms with Gasteiger partial charge in [0.1, 0.15) is 16.9 Å².